The summed E-state index contributed by atoms with van der Waals surface area (Å²) in [5, 5.41) is 0. The summed E-state index contributed by atoms with van der Waals surface area (Å²) in [5.41, 5.74) is 9.78. The molecule has 2 aliphatic rings. The van der Waals surface area contributed by atoms with Gasteiger partial charge in [-0.25, -0.2) is 0 Å². The highest BCUT2D eigenvalue weighted by molar-refractivity contribution is 7.99. The second kappa shape index (κ2) is 11.5. The number of rotatable bonds is 5. The minimum atomic E-state index is 0.808. The molecule has 224 valence electrons. The Kier molecular flexibility index (Phi) is 6.69. The molecule has 0 bridgehead atoms. The molecule has 0 atom stereocenters. The lowest BCUT2D eigenvalue weighted by Crippen LogP contribution is -2.17. The highest BCUT2D eigenvalue weighted by Gasteiger charge is 2.29. The summed E-state index contributed by atoms with van der Waals surface area (Å²) >= 11 is 1.82. The molecular formula is C42H29N3OS. The maximum Gasteiger partial charge on any atom is 0.153 e. The monoisotopic (exact) mass is 623 g/mol. The molecule has 0 saturated heterocycles. The van der Waals surface area contributed by atoms with Gasteiger partial charge in [0.05, 0.1) is 22.7 Å². The number of para-hydroxylation sites is 6. The quantitative estimate of drug-likeness (QED) is 0.189. The SMILES string of the molecule is c1ccc(N(c2ccc3c(c2)Oc2ccccc2N3c2ccccc2)c2ccc3c(c2)Sc2ccccc2N3c2ccccc2)cc1. The van der Waals surface area contributed by atoms with Gasteiger partial charge >= 0.3 is 0 Å². The van der Waals surface area contributed by atoms with Crippen molar-refractivity contribution in [1.82, 2.24) is 0 Å². The van der Waals surface area contributed by atoms with Gasteiger partial charge in [-0.15, -0.1) is 0 Å². The molecule has 0 aliphatic carbocycles. The minimum absolute atomic E-state index is 0.808. The molecule has 7 aromatic rings. The fourth-order valence-electron chi connectivity index (χ4n) is 6.50. The molecule has 0 unspecified atom stereocenters. The van der Waals surface area contributed by atoms with E-state index in [0.717, 1.165) is 51.3 Å². The summed E-state index contributed by atoms with van der Waals surface area (Å²) in [6.07, 6.45) is 0. The normalized spacial score (nSPS) is 12.7. The number of ether oxygens (including phenoxy) is 1. The summed E-state index contributed by atoms with van der Waals surface area (Å²) in [5.74, 6) is 1.64. The lowest BCUT2D eigenvalue weighted by molar-refractivity contribution is 0.477. The van der Waals surface area contributed by atoms with E-state index in [0.29, 0.717) is 0 Å². The third kappa shape index (κ3) is 4.80. The average Bonchev–Trinajstić information content (AvgIpc) is 3.14. The standard InChI is InChI=1S/C42H29N3OS/c1-4-14-30(15-5-1)43(33-24-26-36-40(28-33)46-39-22-12-10-20-35(39)44(36)31-16-6-2-7-17-31)34-25-27-38-42(29-34)47-41-23-13-11-21-37(41)45(38)32-18-8-3-9-19-32/h1-29H. The Morgan fingerprint density at radius 1 is 0.383 bits per heavy atom. The Morgan fingerprint density at radius 3 is 1.62 bits per heavy atom. The second-order valence-electron chi connectivity index (χ2n) is 11.5. The number of anilines is 9. The van der Waals surface area contributed by atoms with Crippen molar-refractivity contribution in [3.8, 4) is 11.5 Å². The topological polar surface area (TPSA) is 19.0 Å². The maximum absolute atomic E-state index is 6.61. The Morgan fingerprint density at radius 2 is 0.894 bits per heavy atom. The van der Waals surface area contributed by atoms with E-state index in [1.807, 2.05) is 30.0 Å². The van der Waals surface area contributed by atoms with E-state index in [4.69, 9.17) is 4.74 Å². The molecule has 9 rings (SSSR count). The molecule has 7 aromatic carbocycles. The number of hydrogen-bond acceptors (Lipinski definition) is 5. The molecule has 0 fully saturated rings. The largest absolute Gasteiger partial charge is 0.453 e. The van der Waals surface area contributed by atoms with Crippen LogP contribution < -0.4 is 19.4 Å². The molecule has 0 aromatic heterocycles. The van der Waals surface area contributed by atoms with Crippen molar-refractivity contribution in [3.05, 3.63) is 176 Å². The molecule has 5 heteroatoms. The number of nitrogens with zero attached hydrogens (tertiary/aromatic N) is 3. The molecule has 47 heavy (non-hydrogen) atoms. The van der Waals surface area contributed by atoms with E-state index in [9.17, 15) is 0 Å². The molecule has 2 heterocycles. The van der Waals surface area contributed by atoms with Crippen molar-refractivity contribution in [2.45, 2.75) is 9.79 Å². The summed E-state index contributed by atoms with van der Waals surface area (Å²) in [6, 6.07) is 61.8. The molecule has 4 nitrogen and oxygen atoms in total. The third-order valence-corrected chi connectivity index (χ3v) is 9.69. The van der Waals surface area contributed by atoms with Crippen LogP contribution in [0.2, 0.25) is 0 Å². The van der Waals surface area contributed by atoms with Gasteiger partial charge in [0.15, 0.2) is 11.5 Å². The van der Waals surface area contributed by atoms with Crippen LogP contribution in [0.1, 0.15) is 0 Å². The van der Waals surface area contributed by atoms with Crippen LogP contribution in [-0.2, 0) is 0 Å². The van der Waals surface area contributed by atoms with Gasteiger partial charge in [0, 0.05) is 44.3 Å². The molecule has 2 aliphatic heterocycles. The summed E-state index contributed by atoms with van der Waals surface area (Å²) in [6.45, 7) is 0. The summed E-state index contributed by atoms with van der Waals surface area (Å²) in [7, 11) is 0. The van der Waals surface area contributed by atoms with Crippen LogP contribution in [0.15, 0.2) is 186 Å². The van der Waals surface area contributed by atoms with Gasteiger partial charge in [0.25, 0.3) is 0 Å². The van der Waals surface area contributed by atoms with Crippen molar-refractivity contribution < 1.29 is 4.74 Å². The van der Waals surface area contributed by atoms with Gasteiger partial charge < -0.3 is 19.4 Å². The fourth-order valence-corrected chi connectivity index (χ4v) is 7.60. The highest BCUT2D eigenvalue weighted by atomic mass is 32.2. The van der Waals surface area contributed by atoms with Gasteiger partial charge in [-0.3, -0.25) is 0 Å². The minimum Gasteiger partial charge on any atom is -0.453 e. The first-order valence-corrected chi connectivity index (χ1v) is 16.5. The van der Waals surface area contributed by atoms with Crippen LogP contribution in [-0.4, -0.2) is 0 Å². The van der Waals surface area contributed by atoms with Gasteiger partial charge in [0.1, 0.15) is 0 Å². The Bertz CT molecular complexity index is 2080. The number of hydrogen-bond donors (Lipinski definition) is 0. The van der Waals surface area contributed by atoms with E-state index in [1.165, 1.54) is 21.2 Å². The molecule has 0 amide bonds. The molecule has 0 N–H and O–H groups in total. The van der Waals surface area contributed by atoms with Crippen LogP contribution in [0.3, 0.4) is 0 Å². The first kappa shape index (κ1) is 27.4. The fraction of sp³-hybridized carbons (Fsp3) is 0. The van der Waals surface area contributed by atoms with E-state index in [1.54, 1.807) is 0 Å². The Hall–Kier alpha value is -5.91. The van der Waals surface area contributed by atoms with Crippen LogP contribution in [0.4, 0.5) is 51.2 Å². The van der Waals surface area contributed by atoms with Gasteiger partial charge in [0.2, 0.25) is 0 Å². The van der Waals surface area contributed by atoms with Crippen molar-refractivity contribution in [3.63, 3.8) is 0 Å². The number of fused-ring (bicyclic) bond motifs is 4. The predicted octanol–water partition coefficient (Wildman–Crippen LogP) is 12.7. The molecular weight excluding hydrogens is 595 g/mol. The van der Waals surface area contributed by atoms with Gasteiger partial charge in [-0.1, -0.05) is 90.6 Å². The van der Waals surface area contributed by atoms with E-state index in [2.05, 4.69) is 172 Å². The predicted molar refractivity (Wildman–Crippen MR) is 195 cm³/mol. The smallest absolute Gasteiger partial charge is 0.153 e. The molecule has 0 saturated carbocycles. The Labute approximate surface area is 278 Å². The van der Waals surface area contributed by atoms with Crippen LogP contribution in [0, 0.1) is 0 Å². The first-order valence-electron chi connectivity index (χ1n) is 15.7. The second-order valence-corrected chi connectivity index (χ2v) is 12.5. The van der Waals surface area contributed by atoms with E-state index in [-0.39, 0.29) is 0 Å². The highest BCUT2D eigenvalue weighted by Crippen LogP contribution is 2.54. The average molecular weight is 624 g/mol. The summed E-state index contributed by atoms with van der Waals surface area (Å²) < 4.78 is 6.61. The lowest BCUT2D eigenvalue weighted by Gasteiger charge is -2.35. The van der Waals surface area contributed by atoms with Crippen molar-refractivity contribution in [1.29, 1.82) is 0 Å². The van der Waals surface area contributed by atoms with Gasteiger partial charge in [-0.05, 0) is 91.0 Å². The van der Waals surface area contributed by atoms with Crippen molar-refractivity contribution in [2.24, 2.45) is 0 Å². The number of benzene rings is 7. The van der Waals surface area contributed by atoms with Crippen molar-refractivity contribution >= 4 is 62.9 Å². The molecule has 0 spiro atoms. The zero-order chi connectivity index (χ0) is 31.2. The van der Waals surface area contributed by atoms with Gasteiger partial charge in [-0.2, -0.15) is 0 Å². The van der Waals surface area contributed by atoms with E-state index >= 15 is 0 Å². The lowest BCUT2D eigenvalue weighted by atomic mass is 10.1. The van der Waals surface area contributed by atoms with Crippen LogP contribution >= 0.6 is 11.8 Å². The Balaban J connectivity index is 1.18. The molecule has 0 radical (unpaired) electrons. The third-order valence-electron chi connectivity index (χ3n) is 8.58. The maximum atomic E-state index is 6.61. The van der Waals surface area contributed by atoms with Crippen molar-refractivity contribution in [2.75, 3.05) is 14.7 Å². The van der Waals surface area contributed by atoms with Crippen LogP contribution in [0.5, 0.6) is 11.5 Å². The van der Waals surface area contributed by atoms with Crippen LogP contribution in [0.25, 0.3) is 0 Å². The zero-order valence-corrected chi connectivity index (χ0v) is 26.2. The van der Waals surface area contributed by atoms with E-state index < -0.39 is 0 Å². The summed E-state index contributed by atoms with van der Waals surface area (Å²) in [4.78, 5) is 9.37. The zero-order valence-electron chi connectivity index (χ0n) is 25.4. The first-order chi connectivity index (χ1) is 23.3.